The molecule has 1 atom stereocenters. The Morgan fingerprint density at radius 1 is 1.00 bits per heavy atom. The summed E-state index contributed by atoms with van der Waals surface area (Å²) >= 11 is 0. The number of benzene rings is 3. The molecule has 0 bridgehead atoms. The quantitative estimate of drug-likeness (QED) is 0.310. The van der Waals surface area contributed by atoms with Crippen molar-refractivity contribution in [3.63, 3.8) is 0 Å². The van der Waals surface area contributed by atoms with Gasteiger partial charge in [0.2, 0.25) is 0 Å². The van der Waals surface area contributed by atoms with E-state index in [4.69, 9.17) is 0 Å². The molecule has 1 N–H and O–H groups in total. The second kappa shape index (κ2) is 9.57. The molecule has 39 heavy (non-hydrogen) atoms. The normalized spacial score (nSPS) is 17.3. The first kappa shape index (κ1) is 25.2. The fourth-order valence-electron chi connectivity index (χ4n) is 6.48. The van der Waals surface area contributed by atoms with Crippen LogP contribution in [0.15, 0.2) is 60.8 Å². The van der Waals surface area contributed by atoms with E-state index in [1.807, 2.05) is 61.6 Å². The van der Waals surface area contributed by atoms with Crippen molar-refractivity contribution in [1.29, 1.82) is 5.26 Å². The third-order valence-electron chi connectivity index (χ3n) is 8.43. The second-order valence-corrected chi connectivity index (χ2v) is 10.6. The molecule has 0 spiro atoms. The van der Waals surface area contributed by atoms with Crippen LogP contribution in [-0.4, -0.2) is 57.3 Å². The molecular formula is C31H28ClN5O2. The minimum Gasteiger partial charge on any atom is -0.361 e. The molecule has 0 saturated carbocycles. The van der Waals surface area contributed by atoms with Crippen molar-refractivity contribution in [3.05, 3.63) is 83.0 Å². The molecule has 0 aliphatic carbocycles. The number of aromatic amines is 1. The van der Waals surface area contributed by atoms with Crippen LogP contribution in [-0.2, 0) is 13.5 Å². The summed E-state index contributed by atoms with van der Waals surface area (Å²) in [7, 11) is 2.00. The first-order chi connectivity index (χ1) is 18.5. The predicted octanol–water partition coefficient (Wildman–Crippen LogP) is 5.27. The van der Waals surface area contributed by atoms with E-state index in [0.29, 0.717) is 35.7 Å². The first-order valence-electron chi connectivity index (χ1n) is 13.1. The molecule has 1 unspecified atom stereocenters. The zero-order chi connectivity index (χ0) is 26.0. The van der Waals surface area contributed by atoms with E-state index in [2.05, 4.69) is 26.7 Å². The molecule has 196 valence electrons. The Labute approximate surface area is 232 Å². The highest BCUT2D eigenvalue weighted by Gasteiger charge is 2.38. The van der Waals surface area contributed by atoms with E-state index in [-0.39, 0.29) is 24.2 Å². The van der Waals surface area contributed by atoms with Gasteiger partial charge in [-0.15, -0.1) is 12.4 Å². The first-order valence-corrected chi connectivity index (χ1v) is 13.1. The number of hydrogen-bond donors (Lipinski definition) is 1. The number of rotatable bonds is 5. The van der Waals surface area contributed by atoms with Gasteiger partial charge in [-0.1, -0.05) is 18.2 Å². The Bertz CT molecular complexity index is 1830. The van der Waals surface area contributed by atoms with Gasteiger partial charge in [0, 0.05) is 65.6 Å². The largest absolute Gasteiger partial charge is 0.361 e. The van der Waals surface area contributed by atoms with Crippen molar-refractivity contribution in [2.75, 3.05) is 26.2 Å². The molecule has 1 fully saturated rings. The maximum atomic E-state index is 13.6. The second-order valence-electron chi connectivity index (χ2n) is 10.6. The van der Waals surface area contributed by atoms with Crippen LogP contribution >= 0.6 is 12.4 Å². The predicted molar refractivity (Wildman–Crippen MR) is 154 cm³/mol. The van der Waals surface area contributed by atoms with Gasteiger partial charge in [0.15, 0.2) is 0 Å². The van der Waals surface area contributed by atoms with Crippen molar-refractivity contribution in [2.45, 2.75) is 12.8 Å². The number of halogens is 1. The molecule has 2 aromatic heterocycles. The zero-order valence-corrected chi connectivity index (χ0v) is 22.4. The topological polar surface area (TPSA) is 85.1 Å². The number of aromatic nitrogens is 2. The molecule has 2 aliphatic rings. The number of nitrogens with one attached hydrogen (secondary N) is 1. The van der Waals surface area contributed by atoms with Gasteiger partial charge in [-0.05, 0) is 67.3 Å². The minimum atomic E-state index is -0.192. The third-order valence-corrected chi connectivity index (χ3v) is 8.43. The molecule has 3 aromatic carbocycles. The fraction of sp³-hybridized carbons (Fsp3) is 0.258. The van der Waals surface area contributed by atoms with Crippen LogP contribution in [0.3, 0.4) is 0 Å². The lowest BCUT2D eigenvalue weighted by molar-refractivity contribution is 0.0641. The highest BCUT2D eigenvalue weighted by atomic mass is 35.5. The fourth-order valence-corrected chi connectivity index (χ4v) is 6.48. The van der Waals surface area contributed by atoms with Crippen molar-refractivity contribution in [1.82, 2.24) is 19.4 Å². The lowest BCUT2D eigenvalue weighted by Gasteiger charge is -2.20. The number of carbonyl (C=O) groups excluding carboxylic acids is 2. The summed E-state index contributed by atoms with van der Waals surface area (Å²) in [5.74, 6) is 0.120. The van der Waals surface area contributed by atoms with Crippen molar-refractivity contribution in [2.24, 2.45) is 13.0 Å². The van der Waals surface area contributed by atoms with Gasteiger partial charge >= 0.3 is 0 Å². The number of hydrogen-bond acceptors (Lipinski definition) is 4. The summed E-state index contributed by atoms with van der Waals surface area (Å²) < 4.78 is 2.09. The van der Waals surface area contributed by atoms with E-state index < -0.39 is 0 Å². The van der Waals surface area contributed by atoms with Crippen LogP contribution in [0.4, 0.5) is 0 Å². The van der Waals surface area contributed by atoms with Crippen molar-refractivity contribution >= 4 is 56.9 Å². The standard InChI is InChI=1S/C31H27N5O2.ClH/c1-34-26-5-3-2-4-22(26)28-27(34)9-7-23-29(28)31(38)36(30(23)37)13-12-35-11-10-20(18-35)14-21-17-33-25-8-6-19(16-32)15-24(21)25;/h2-9,15,17,20,33H,10-14,18H2,1H3;1H. The molecule has 1 saturated heterocycles. The number of nitriles is 1. The van der Waals surface area contributed by atoms with Gasteiger partial charge in [-0.2, -0.15) is 5.26 Å². The number of H-pyrrole nitrogens is 1. The summed E-state index contributed by atoms with van der Waals surface area (Å²) in [4.78, 5) is 34.0. The van der Waals surface area contributed by atoms with Crippen LogP contribution < -0.4 is 0 Å². The number of imide groups is 1. The average Bonchev–Trinajstić information content (AvgIpc) is 3.69. The maximum absolute atomic E-state index is 13.6. The smallest absolute Gasteiger partial charge is 0.262 e. The Hall–Kier alpha value is -4.12. The van der Waals surface area contributed by atoms with Gasteiger partial charge in [0.05, 0.1) is 22.8 Å². The average molecular weight is 538 g/mol. The molecule has 2 amide bonds. The zero-order valence-electron chi connectivity index (χ0n) is 21.6. The monoisotopic (exact) mass is 537 g/mol. The number of para-hydroxylation sites is 1. The lowest BCUT2D eigenvalue weighted by atomic mass is 9.98. The molecule has 5 aromatic rings. The SMILES string of the molecule is Cl.Cn1c2ccccc2c2c3c(ccc21)C(=O)N(CCN1CCC(Cc2c[nH]c4ccc(C#N)cc24)C1)C3=O. The highest BCUT2D eigenvalue weighted by Crippen LogP contribution is 2.36. The van der Waals surface area contributed by atoms with E-state index >= 15 is 0 Å². The van der Waals surface area contributed by atoms with E-state index in [0.717, 1.165) is 58.6 Å². The molecule has 0 radical (unpaired) electrons. The molecule has 7 rings (SSSR count). The molecule has 7 nitrogen and oxygen atoms in total. The van der Waals surface area contributed by atoms with Gasteiger partial charge < -0.3 is 14.5 Å². The van der Waals surface area contributed by atoms with Gasteiger partial charge in [0.25, 0.3) is 11.8 Å². The maximum Gasteiger partial charge on any atom is 0.262 e. The summed E-state index contributed by atoms with van der Waals surface area (Å²) in [6.45, 7) is 2.95. The summed E-state index contributed by atoms with van der Waals surface area (Å²) in [5.41, 5.74) is 6.04. The van der Waals surface area contributed by atoms with E-state index in [9.17, 15) is 14.9 Å². The number of carbonyl (C=O) groups is 2. The van der Waals surface area contributed by atoms with E-state index in [1.54, 1.807) is 0 Å². The number of fused-ring (bicyclic) bond motifs is 6. The van der Waals surface area contributed by atoms with Crippen molar-refractivity contribution < 1.29 is 9.59 Å². The molecular weight excluding hydrogens is 510 g/mol. The lowest BCUT2D eigenvalue weighted by Crippen LogP contribution is -2.37. The van der Waals surface area contributed by atoms with Gasteiger partial charge in [-0.25, -0.2) is 0 Å². The van der Waals surface area contributed by atoms with Gasteiger partial charge in [-0.3, -0.25) is 14.5 Å². The Morgan fingerprint density at radius 2 is 1.85 bits per heavy atom. The number of amides is 2. The molecule has 2 aliphatic heterocycles. The summed E-state index contributed by atoms with van der Waals surface area (Å²) in [6, 6.07) is 19.8. The summed E-state index contributed by atoms with van der Waals surface area (Å²) in [6.07, 6.45) is 4.07. The number of nitrogens with zero attached hydrogens (tertiary/aromatic N) is 4. The third kappa shape index (κ3) is 3.91. The minimum absolute atomic E-state index is 0. The van der Waals surface area contributed by atoms with Crippen LogP contribution in [0, 0.1) is 17.2 Å². The van der Waals surface area contributed by atoms with Crippen LogP contribution in [0.1, 0.15) is 38.3 Å². The summed E-state index contributed by atoms with van der Waals surface area (Å²) in [5, 5.41) is 12.3. The van der Waals surface area contributed by atoms with Gasteiger partial charge in [0.1, 0.15) is 0 Å². The molecule has 4 heterocycles. The van der Waals surface area contributed by atoms with Crippen LogP contribution in [0.25, 0.3) is 32.7 Å². The van der Waals surface area contributed by atoms with Crippen LogP contribution in [0.2, 0.25) is 0 Å². The Kier molecular flexibility index (Phi) is 6.17. The highest BCUT2D eigenvalue weighted by molar-refractivity contribution is 6.30. The Balaban J connectivity index is 0.00000277. The van der Waals surface area contributed by atoms with Crippen molar-refractivity contribution in [3.8, 4) is 6.07 Å². The number of aryl methyl sites for hydroxylation is 1. The number of likely N-dealkylation sites (tertiary alicyclic amines) is 1. The Morgan fingerprint density at radius 3 is 2.69 bits per heavy atom. The molecule has 8 heteroatoms. The van der Waals surface area contributed by atoms with E-state index in [1.165, 1.54) is 10.5 Å². The van der Waals surface area contributed by atoms with Crippen LogP contribution in [0.5, 0.6) is 0 Å².